The van der Waals surface area contributed by atoms with E-state index in [0.717, 1.165) is 19.5 Å². The highest BCUT2D eigenvalue weighted by molar-refractivity contribution is 9.12. The molecule has 3 N–H and O–H groups in total. The van der Waals surface area contributed by atoms with Crippen LogP contribution >= 0.6 is 15.9 Å². The number of aliphatic imine (C=N–C) groups is 1. The Bertz CT molecular complexity index is 633. The van der Waals surface area contributed by atoms with Crippen LogP contribution in [0.5, 0.6) is 5.75 Å². The first-order valence-electron chi connectivity index (χ1n) is 5.47. The van der Waals surface area contributed by atoms with Gasteiger partial charge in [-0.15, -0.1) is 0 Å². The van der Waals surface area contributed by atoms with Crippen molar-refractivity contribution < 1.29 is 35.8 Å². The quantitative estimate of drug-likeness (QED) is 0.590. The smallest absolute Gasteiger partial charge is 0.437 e. The maximum Gasteiger partial charge on any atom is 0.437 e. The molecule has 0 spiro atoms. The predicted octanol–water partition coefficient (Wildman–Crippen LogP) is 3.31. The zero-order valence-electron chi connectivity index (χ0n) is 11.0. The molecule has 13 heteroatoms. The molecule has 0 aliphatic heterocycles. The van der Waals surface area contributed by atoms with Crippen LogP contribution < -0.4 is 5.73 Å². The summed E-state index contributed by atoms with van der Waals surface area (Å²) in [6, 6.07) is 0. The molecular formula is C10H8BrF7N4O. The summed E-state index contributed by atoms with van der Waals surface area (Å²) in [7, 11) is 0.878. The molecule has 0 aliphatic rings. The van der Waals surface area contributed by atoms with Gasteiger partial charge in [0.1, 0.15) is 0 Å². The molecule has 5 nitrogen and oxygen atoms in total. The Morgan fingerprint density at radius 3 is 2.09 bits per heavy atom. The van der Waals surface area contributed by atoms with Crippen LogP contribution in [-0.4, -0.2) is 33.5 Å². The molecule has 1 heterocycles. The lowest BCUT2D eigenvalue weighted by Gasteiger charge is -2.28. The van der Waals surface area contributed by atoms with Crippen molar-refractivity contribution in [2.45, 2.75) is 18.0 Å². The number of alkyl halides is 7. The van der Waals surface area contributed by atoms with E-state index in [1.807, 2.05) is 0 Å². The van der Waals surface area contributed by atoms with E-state index in [1.165, 1.54) is 0 Å². The van der Waals surface area contributed by atoms with Gasteiger partial charge in [-0.2, -0.15) is 31.4 Å². The lowest BCUT2D eigenvalue weighted by Crippen LogP contribution is -2.50. The second kappa shape index (κ2) is 6.02. The van der Waals surface area contributed by atoms with Crippen LogP contribution in [0.25, 0.3) is 0 Å². The van der Waals surface area contributed by atoms with Gasteiger partial charge in [0.05, 0.1) is 4.48 Å². The van der Waals surface area contributed by atoms with E-state index in [0.29, 0.717) is 4.68 Å². The molecule has 0 bridgehead atoms. The minimum atomic E-state index is -6.39. The van der Waals surface area contributed by atoms with Crippen molar-refractivity contribution in [1.82, 2.24) is 9.78 Å². The van der Waals surface area contributed by atoms with E-state index >= 15 is 0 Å². The molecule has 1 aromatic heterocycles. The Morgan fingerprint density at radius 2 is 1.70 bits per heavy atom. The molecule has 0 fully saturated rings. The molecule has 23 heavy (non-hydrogen) atoms. The van der Waals surface area contributed by atoms with Gasteiger partial charge in [0, 0.05) is 19.5 Å². The van der Waals surface area contributed by atoms with Gasteiger partial charge in [0.25, 0.3) is 0 Å². The van der Waals surface area contributed by atoms with Crippen LogP contribution in [0.2, 0.25) is 0 Å². The molecule has 0 saturated heterocycles. The molecule has 0 amide bonds. The van der Waals surface area contributed by atoms with Crippen LogP contribution in [0.3, 0.4) is 0 Å². The Labute approximate surface area is 132 Å². The summed E-state index contributed by atoms with van der Waals surface area (Å²) in [5.41, 5.74) is -3.04. The molecular weight excluding hydrogens is 405 g/mol. The summed E-state index contributed by atoms with van der Waals surface area (Å²) < 4.78 is 90.2. The van der Waals surface area contributed by atoms with Gasteiger partial charge in [-0.1, -0.05) is 0 Å². The van der Waals surface area contributed by atoms with Gasteiger partial charge >= 0.3 is 18.0 Å². The van der Waals surface area contributed by atoms with Gasteiger partial charge in [-0.05, 0) is 15.9 Å². The largest absolute Gasteiger partial charge is 0.503 e. The number of hydrogen-bond donors (Lipinski definition) is 2. The van der Waals surface area contributed by atoms with E-state index in [9.17, 15) is 35.8 Å². The minimum Gasteiger partial charge on any atom is -0.503 e. The van der Waals surface area contributed by atoms with E-state index in [4.69, 9.17) is 5.73 Å². The van der Waals surface area contributed by atoms with Crippen LogP contribution in [0, 0.1) is 0 Å². The van der Waals surface area contributed by atoms with E-state index in [1.54, 1.807) is 0 Å². The van der Waals surface area contributed by atoms with Gasteiger partial charge in [0.15, 0.2) is 17.3 Å². The fraction of sp³-hybridized carbons (Fsp3) is 0.400. The van der Waals surface area contributed by atoms with Crippen LogP contribution in [0.4, 0.5) is 36.6 Å². The lowest BCUT2D eigenvalue weighted by molar-refractivity contribution is -0.350. The highest BCUT2D eigenvalue weighted by atomic mass is 79.9. The fourth-order valence-electron chi connectivity index (χ4n) is 1.48. The van der Waals surface area contributed by atoms with Crippen molar-refractivity contribution >= 4 is 28.0 Å². The molecule has 0 aliphatic carbocycles. The predicted molar refractivity (Wildman–Crippen MR) is 69.1 cm³/mol. The van der Waals surface area contributed by atoms with Crippen LogP contribution in [-0.2, 0) is 12.7 Å². The molecule has 0 atom stereocenters. The van der Waals surface area contributed by atoms with Crippen molar-refractivity contribution in [2.75, 3.05) is 0 Å². The number of halogens is 8. The first-order valence-corrected chi connectivity index (χ1v) is 6.27. The number of aromatic nitrogens is 2. The van der Waals surface area contributed by atoms with Crippen molar-refractivity contribution in [2.24, 2.45) is 17.8 Å². The zero-order chi connectivity index (χ0) is 18.2. The normalized spacial score (nSPS) is 14.7. The fourth-order valence-corrected chi connectivity index (χ4v) is 1.58. The van der Waals surface area contributed by atoms with Gasteiger partial charge in [0.2, 0.25) is 0 Å². The SMILES string of the molecule is Cn1nc(C(F)(C(F)(F)F)C(F)(F)F)c(O)c1/N=C/C(Br)=C\N. The van der Waals surface area contributed by atoms with Gasteiger partial charge < -0.3 is 10.8 Å². The number of nitrogens with zero attached hydrogens (tertiary/aromatic N) is 3. The summed E-state index contributed by atoms with van der Waals surface area (Å²) in [5.74, 6) is -2.52. The van der Waals surface area contributed by atoms with Crippen molar-refractivity contribution in [1.29, 1.82) is 0 Å². The number of hydrogen-bond acceptors (Lipinski definition) is 4. The number of aromatic hydroxyl groups is 1. The van der Waals surface area contributed by atoms with Gasteiger partial charge in [-0.3, -0.25) is 0 Å². The van der Waals surface area contributed by atoms with E-state index in [-0.39, 0.29) is 4.48 Å². The van der Waals surface area contributed by atoms with Crippen molar-refractivity contribution in [3.05, 3.63) is 16.4 Å². The maximum atomic E-state index is 13.9. The third kappa shape index (κ3) is 3.28. The van der Waals surface area contributed by atoms with Crippen LogP contribution in [0.1, 0.15) is 5.69 Å². The monoisotopic (exact) mass is 412 g/mol. The first-order chi connectivity index (χ1) is 10.3. The second-order valence-electron chi connectivity index (χ2n) is 4.11. The average molecular weight is 413 g/mol. The number of nitrogens with two attached hydrogens (primary N) is 1. The molecule has 1 aromatic rings. The summed E-state index contributed by atoms with van der Waals surface area (Å²) in [5, 5.41) is 12.3. The average Bonchev–Trinajstić information content (AvgIpc) is 2.68. The zero-order valence-corrected chi connectivity index (χ0v) is 12.6. The lowest BCUT2D eigenvalue weighted by atomic mass is 10.00. The highest BCUT2D eigenvalue weighted by Gasteiger charge is 2.76. The van der Waals surface area contributed by atoms with Crippen molar-refractivity contribution in [3.63, 3.8) is 0 Å². The van der Waals surface area contributed by atoms with Crippen molar-refractivity contribution in [3.8, 4) is 5.75 Å². The topological polar surface area (TPSA) is 76.4 Å². The third-order valence-corrected chi connectivity index (χ3v) is 3.04. The minimum absolute atomic E-state index is 0.0952. The number of allylic oxidation sites excluding steroid dienone is 1. The summed E-state index contributed by atoms with van der Waals surface area (Å²) in [4.78, 5) is 3.40. The number of rotatable bonds is 3. The summed E-state index contributed by atoms with van der Waals surface area (Å²) >= 11 is 2.83. The molecule has 1 rings (SSSR count). The Balaban J connectivity index is 3.59. The maximum absolute atomic E-state index is 13.9. The molecule has 0 unspecified atom stereocenters. The Hall–Kier alpha value is -1.79. The molecule has 0 radical (unpaired) electrons. The first kappa shape index (κ1) is 19.3. The van der Waals surface area contributed by atoms with E-state index in [2.05, 4.69) is 26.0 Å². The molecule has 130 valence electrons. The molecule has 0 aromatic carbocycles. The van der Waals surface area contributed by atoms with E-state index < -0.39 is 35.3 Å². The Morgan fingerprint density at radius 1 is 1.22 bits per heavy atom. The van der Waals surface area contributed by atoms with Crippen LogP contribution in [0.15, 0.2) is 15.7 Å². The Kier molecular flexibility index (Phi) is 5.04. The van der Waals surface area contributed by atoms with Gasteiger partial charge in [-0.25, -0.2) is 14.1 Å². The standard InChI is InChI=1S/C10H8BrF7N4O/c1-22-7(20-3-4(11)2-19)5(23)6(21-22)8(12,9(13,14)15)10(16,17)18/h2-3,23H,19H2,1H3/b4-2+,20-3+. The third-order valence-electron chi connectivity index (χ3n) is 2.57. The second-order valence-corrected chi connectivity index (χ2v) is 5.02. The summed E-state index contributed by atoms with van der Waals surface area (Å²) in [6.07, 6.45) is -11.0. The molecule has 0 saturated carbocycles. The number of aryl methyl sites for hydroxylation is 1. The summed E-state index contributed by atoms with van der Waals surface area (Å²) in [6.45, 7) is 0. The highest BCUT2D eigenvalue weighted by Crippen LogP contribution is 2.55.